The quantitative estimate of drug-likeness (QED) is 0.869. The third kappa shape index (κ3) is 4.35. The van der Waals surface area contributed by atoms with Crippen LogP contribution in [0.1, 0.15) is 31.1 Å². The van der Waals surface area contributed by atoms with E-state index in [-0.39, 0.29) is 25.8 Å². The second-order valence-electron chi connectivity index (χ2n) is 6.33. The molecule has 1 aliphatic rings. The lowest BCUT2D eigenvalue weighted by Gasteiger charge is -2.33. The monoisotopic (exact) mass is 342 g/mol. The average Bonchev–Trinajstić information content (AvgIpc) is 2.87. The van der Waals surface area contributed by atoms with E-state index in [1.807, 2.05) is 20.8 Å². The average molecular weight is 342 g/mol. The Morgan fingerprint density at radius 2 is 1.91 bits per heavy atom. The van der Waals surface area contributed by atoms with Crippen LogP contribution in [0.5, 0.6) is 11.5 Å². The molecule has 7 nitrogen and oxygen atoms in total. The molecule has 0 saturated carbocycles. The summed E-state index contributed by atoms with van der Waals surface area (Å²) in [5.41, 5.74) is -0.104. The van der Waals surface area contributed by atoms with Gasteiger partial charge in [0.15, 0.2) is 11.5 Å². The summed E-state index contributed by atoms with van der Waals surface area (Å²) in [6.07, 6.45) is 1.16. The van der Waals surface area contributed by atoms with Crippen LogP contribution in [-0.2, 0) is 10.0 Å². The summed E-state index contributed by atoms with van der Waals surface area (Å²) >= 11 is 0. The van der Waals surface area contributed by atoms with Crippen LogP contribution in [-0.4, -0.2) is 50.3 Å². The van der Waals surface area contributed by atoms with Crippen molar-refractivity contribution in [3.8, 4) is 11.5 Å². The molecule has 1 aliphatic heterocycles. The normalized spacial score (nSPS) is 14.1. The van der Waals surface area contributed by atoms with Crippen LogP contribution in [0.4, 0.5) is 0 Å². The summed E-state index contributed by atoms with van der Waals surface area (Å²) < 4.78 is 35.5. The number of nitrogens with zero attached hydrogens (tertiary/aromatic N) is 1. The van der Waals surface area contributed by atoms with Gasteiger partial charge in [-0.3, -0.25) is 4.79 Å². The first-order chi connectivity index (χ1) is 10.6. The van der Waals surface area contributed by atoms with Gasteiger partial charge in [-0.15, -0.1) is 0 Å². The van der Waals surface area contributed by atoms with Gasteiger partial charge in [-0.1, -0.05) is 0 Å². The second-order valence-corrected chi connectivity index (χ2v) is 8.24. The molecule has 0 saturated heterocycles. The Hall–Kier alpha value is -1.80. The Labute approximate surface area is 136 Å². The van der Waals surface area contributed by atoms with Gasteiger partial charge in [-0.2, -0.15) is 4.31 Å². The number of ether oxygens (including phenoxy) is 2. The molecule has 1 heterocycles. The van der Waals surface area contributed by atoms with Crippen molar-refractivity contribution < 1.29 is 22.7 Å². The van der Waals surface area contributed by atoms with Crippen LogP contribution >= 0.6 is 0 Å². The van der Waals surface area contributed by atoms with Gasteiger partial charge in [0, 0.05) is 24.2 Å². The van der Waals surface area contributed by atoms with Crippen LogP contribution in [0, 0.1) is 0 Å². The molecular formula is C15H22N2O5S. The second kappa shape index (κ2) is 6.37. The van der Waals surface area contributed by atoms with Crippen LogP contribution in [0.25, 0.3) is 0 Å². The van der Waals surface area contributed by atoms with E-state index in [0.29, 0.717) is 17.1 Å². The topological polar surface area (TPSA) is 84.9 Å². The molecule has 1 aromatic rings. The summed E-state index contributed by atoms with van der Waals surface area (Å²) in [4.78, 5) is 12.1. The van der Waals surface area contributed by atoms with Crippen molar-refractivity contribution in [3.63, 3.8) is 0 Å². The fourth-order valence-corrected chi connectivity index (χ4v) is 3.83. The first kappa shape index (κ1) is 17.6. The summed E-state index contributed by atoms with van der Waals surface area (Å²) in [5, 5.41) is 2.72. The van der Waals surface area contributed by atoms with E-state index in [4.69, 9.17) is 9.47 Å². The highest BCUT2D eigenvalue weighted by Gasteiger charge is 2.29. The minimum atomic E-state index is -3.35. The molecule has 2 rings (SSSR count). The van der Waals surface area contributed by atoms with Crippen LogP contribution < -0.4 is 14.8 Å². The number of fused-ring (bicyclic) bond motifs is 1. The van der Waals surface area contributed by atoms with E-state index in [9.17, 15) is 13.2 Å². The predicted octanol–water partition coefficient (Wildman–Crippen LogP) is 1.21. The third-order valence-corrected chi connectivity index (χ3v) is 4.91. The fourth-order valence-electron chi connectivity index (χ4n) is 2.41. The van der Waals surface area contributed by atoms with Crippen molar-refractivity contribution in [2.24, 2.45) is 0 Å². The van der Waals surface area contributed by atoms with Gasteiger partial charge in [0.2, 0.25) is 16.8 Å². The summed E-state index contributed by atoms with van der Waals surface area (Å²) in [6, 6.07) is 4.92. The number of amides is 1. The van der Waals surface area contributed by atoms with Crippen molar-refractivity contribution in [2.75, 3.05) is 26.1 Å². The smallest absolute Gasteiger partial charge is 0.251 e. The summed E-state index contributed by atoms with van der Waals surface area (Å²) in [5.74, 6) is 0.855. The predicted molar refractivity (Wildman–Crippen MR) is 86.2 cm³/mol. The summed E-state index contributed by atoms with van der Waals surface area (Å²) in [7, 11) is -3.35. The molecule has 0 radical (unpaired) electrons. The maximum absolute atomic E-state index is 12.1. The molecule has 0 aliphatic carbocycles. The zero-order chi connectivity index (χ0) is 17.3. The van der Waals surface area contributed by atoms with Gasteiger partial charge < -0.3 is 14.8 Å². The molecule has 128 valence electrons. The van der Waals surface area contributed by atoms with Gasteiger partial charge in [0.05, 0.1) is 6.26 Å². The van der Waals surface area contributed by atoms with Gasteiger partial charge in [-0.05, 0) is 39.0 Å². The van der Waals surface area contributed by atoms with Gasteiger partial charge in [0.1, 0.15) is 0 Å². The Balaban J connectivity index is 1.96. The first-order valence-electron chi connectivity index (χ1n) is 7.25. The van der Waals surface area contributed by atoms with E-state index < -0.39 is 15.6 Å². The zero-order valence-corrected chi connectivity index (χ0v) is 14.6. The van der Waals surface area contributed by atoms with Crippen molar-refractivity contribution in [1.82, 2.24) is 9.62 Å². The van der Waals surface area contributed by atoms with Crippen LogP contribution in [0.3, 0.4) is 0 Å². The number of benzene rings is 1. The highest BCUT2D eigenvalue weighted by Crippen LogP contribution is 2.32. The highest BCUT2D eigenvalue weighted by molar-refractivity contribution is 7.88. The van der Waals surface area contributed by atoms with Crippen molar-refractivity contribution in [3.05, 3.63) is 23.8 Å². The molecule has 8 heteroatoms. The van der Waals surface area contributed by atoms with Crippen LogP contribution in [0.2, 0.25) is 0 Å². The Morgan fingerprint density at radius 3 is 2.52 bits per heavy atom. The molecule has 0 unspecified atom stereocenters. The lowest BCUT2D eigenvalue weighted by molar-refractivity contribution is 0.0947. The third-order valence-electron chi connectivity index (χ3n) is 3.38. The Kier molecular flexibility index (Phi) is 4.86. The van der Waals surface area contributed by atoms with E-state index in [1.165, 1.54) is 4.31 Å². The lowest BCUT2D eigenvalue weighted by atomic mass is 10.1. The molecular weight excluding hydrogens is 320 g/mol. The maximum Gasteiger partial charge on any atom is 0.251 e. The number of hydrogen-bond donors (Lipinski definition) is 1. The van der Waals surface area contributed by atoms with E-state index in [1.54, 1.807) is 18.2 Å². The number of carbonyl (C=O) groups is 1. The SMILES string of the molecule is CC(C)(C)N(CCNC(=O)c1ccc2c(c1)OCO2)S(C)(=O)=O. The molecule has 1 N–H and O–H groups in total. The molecule has 0 spiro atoms. The molecule has 1 aromatic carbocycles. The number of hydrogen-bond acceptors (Lipinski definition) is 5. The largest absolute Gasteiger partial charge is 0.454 e. The van der Waals surface area contributed by atoms with E-state index >= 15 is 0 Å². The standard InChI is InChI=1S/C15H22N2O5S/c1-15(2,3)17(23(4,19)20)8-7-16-14(18)11-5-6-12-13(9-11)22-10-21-12/h5-6,9H,7-8,10H2,1-4H3,(H,16,18). The lowest BCUT2D eigenvalue weighted by Crippen LogP contribution is -2.48. The minimum absolute atomic E-state index is 0.148. The number of nitrogens with one attached hydrogen (secondary N) is 1. The number of sulfonamides is 1. The molecule has 1 amide bonds. The van der Waals surface area contributed by atoms with Crippen LogP contribution in [0.15, 0.2) is 18.2 Å². The summed E-state index contributed by atoms with van der Waals surface area (Å²) in [6.45, 7) is 6.01. The van der Waals surface area contributed by atoms with E-state index in [0.717, 1.165) is 6.26 Å². The van der Waals surface area contributed by atoms with Crippen molar-refractivity contribution in [1.29, 1.82) is 0 Å². The van der Waals surface area contributed by atoms with Gasteiger partial charge >= 0.3 is 0 Å². The first-order valence-corrected chi connectivity index (χ1v) is 9.09. The van der Waals surface area contributed by atoms with Gasteiger partial charge in [-0.25, -0.2) is 8.42 Å². The van der Waals surface area contributed by atoms with Crippen molar-refractivity contribution in [2.45, 2.75) is 26.3 Å². The molecule has 23 heavy (non-hydrogen) atoms. The Bertz CT molecular complexity index is 694. The molecule has 0 bridgehead atoms. The highest BCUT2D eigenvalue weighted by atomic mass is 32.2. The molecule has 0 atom stereocenters. The maximum atomic E-state index is 12.1. The molecule has 0 fully saturated rings. The van der Waals surface area contributed by atoms with Gasteiger partial charge in [0.25, 0.3) is 5.91 Å². The zero-order valence-electron chi connectivity index (χ0n) is 13.8. The number of rotatable bonds is 5. The minimum Gasteiger partial charge on any atom is -0.454 e. The fraction of sp³-hybridized carbons (Fsp3) is 0.533. The molecule has 0 aromatic heterocycles. The van der Waals surface area contributed by atoms with E-state index in [2.05, 4.69) is 5.32 Å². The number of carbonyl (C=O) groups excluding carboxylic acids is 1. The Morgan fingerprint density at radius 1 is 1.26 bits per heavy atom. The van der Waals surface area contributed by atoms with Crippen molar-refractivity contribution >= 4 is 15.9 Å².